The van der Waals surface area contributed by atoms with Crippen molar-refractivity contribution in [3.8, 4) is 5.75 Å². The molecule has 0 fully saturated rings. The molecule has 1 aromatic carbocycles. The van der Waals surface area contributed by atoms with E-state index >= 15 is 0 Å². The third kappa shape index (κ3) is 4.87. The third-order valence-corrected chi connectivity index (χ3v) is 4.57. The van der Waals surface area contributed by atoms with Gasteiger partial charge in [0.05, 0.1) is 0 Å². The van der Waals surface area contributed by atoms with Crippen molar-refractivity contribution in [3.05, 3.63) is 51.2 Å². The van der Waals surface area contributed by atoms with Crippen molar-refractivity contribution in [2.24, 2.45) is 0 Å². The highest BCUT2D eigenvalue weighted by atomic mass is 32.1. The van der Waals surface area contributed by atoms with Crippen LogP contribution >= 0.6 is 11.3 Å². The molecule has 114 valence electrons. The molecule has 1 aromatic heterocycles. The van der Waals surface area contributed by atoms with E-state index in [1.165, 1.54) is 27.3 Å². The van der Waals surface area contributed by atoms with E-state index in [9.17, 15) is 0 Å². The molecule has 0 aliphatic heterocycles. The zero-order valence-corrected chi connectivity index (χ0v) is 14.1. The summed E-state index contributed by atoms with van der Waals surface area (Å²) < 4.78 is 5.91. The minimum absolute atomic E-state index is 0.654. The van der Waals surface area contributed by atoms with Gasteiger partial charge in [-0.3, -0.25) is 0 Å². The lowest BCUT2D eigenvalue weighted by molar-refractivity contribution is 0.306. The van der Waals surface area contributed by atoms with Gasteiger partial charge in [-0.1, -0.05) is 32.4 Å². The van der Waals surface area contributed by atoms with Crippen LogP contribution in [0.4, 0.5) is 0 Å². The van der Waals surface area contributed by atoms with Crippen LogP contribution in [0, 0.1) is 6.92 Å². The van der Waals surface area contributed by atoms with Gasteiger partial charge in [-0.15, -0.1) is 11.3 Å². The molecule has 0 unspecified atom stereocenters. The molecule has 21 heavy (non-hydrogen) atoms. The van der Waals surface area contributed by atoms with Gasteiger partial charge in [-0.2, -0.15) is 0 Å². The average molecular weight is 303 g/mol. The summed E-state index contributed by atoms with van der Waals surface area (Å²) in [7, 11) is 0. The van der Waals surface area contributed by atoms with Crippen molar-refractivity contribution in [3.63, 3.8) is 0 Å². The predicted octanol–water partition coefficient (Wildman–Crippen LogP) is 4.70. The number of nitrogens with one attached hydrogen (secondary N) is 1. The van der Waals surface area contributed by atoms with Gasteiger partial charge in [-0.25, -0.2) is 0 Å². The van der Waals surface area contributed by atoms with Gasteiger partial charge in [-0.05, 0) is 43.7 Å². The molecule has 0 saturated heterocycles. The molecule has 0 bridgehead atoms. The number of ether oxygens (including phenoxy) is 1. The summed E-state index contributed by atoms with van der Waals surface area (Å²) in [5.41, 5.74) is 2.68. The number of benzene rings is 1. The molecule has 0 radical (unpaired) electrons. The Balaban J connectivity index is 1.91. The zero-order valence-electron chi connectivity index (χ0n) is 13.2. The lowest BCUT2D eigenvalue weighted by atomic mass is 10.1. The maximum atomic E-state index is 5.91. The fraction of sp³-hybridized carbons (Fsp3) is 0.444. The van der Waals surface area contributed by atoms with Crippen LogP contribution in [0.1, 0.15) is 41.1 Å². The van der Waals surface area contributed by atoms with Gasteiger partial charge in [0.15, 0.2) is 0 Å². The van der Waals surface area contributed by atoms with E-state index in [1.54, 1.807) is 0 Å². The topological polar surface area (TPSA) is 21.3 Å². The molecule has 1 N–H and O–H groups in total. The van der Waals surface area contributed by atoms with Crippen LogP contribution in [0.15, 0.2) is 30.3 Å². The molecule has 2 rings (SSSR count). The molecule has 0 aliphatic rings. The lowest BCUT2D eigenvalue weighted by Gasteiger charge is -2.06. The minimum atomic E-state index is 0.654. The molecule has 0 spiro atoms. The van der Waals surface area contributed by atoms with E-state index in [-0.39, 0.29) is 0 Å². The predicted molar refractivity (Wildman–Crippen MR) is 91.2 cm³/mol. The van der Waals surface area contributed by atoms with Gasteiger partial charge in [0.1, 0.15) is 12.4 Å². The van der Waals surface area contributed by atoms with Crippen molar-refractivity contribution < 1.29 is 4.74 Å². The Morgan fingerprint density at radius 2 is 1.90 bits per heavy atom. The maximum absolute atomic E-state index is 5.91. The molecule has 1 heterocycles. The van der Waals surface area contributed by atoms with Gasteiger partial charge in [0.25, 0.3) is 0 Å². The molecule has 0 aliphatic carbocycles. The first kappa shape index (κ1) is 16.1. The smallest absolute Gasteiger partial charge is 0.119 e. The van der Waals surface area contributed by atoms with Crippen LogP contribution in [0.3, 0.4) is 0 Å². The molecule has 2 nitrogen and oxygen atoms in total. The SMILES string of the molecule is CCCc1ccc(OCc2cc(CNCC)sc2C)cc1. The molecular weight excluding hydrogens is 278 g/mol. The first-order valence-electron chi connectivity index (χ1n) is 7.73. The van der Waals surface area contributed by atoms with E-state index in [2.05, 4.69) is 56.4 Å². The van der Waals surface area contributed by atoms with Gasteiger partial charge in [0, 0.05) is 21.9 Å². The Kier molecular flexibility index (Phi) is 6.27. The van der Waals surface area contributed by atoms with E-state index in [4.69, 9.17) is 4.74 Å². The highest BCUT2D eigenvalue weighted by Gasteiger charge is 2.06. The van der Waals surface area contributed by atoms with Crippen molar-refractivity contribution >= 4 is 11.3 Å². The maximum Gasteiger partial charge on any atom is 0.119 e. The molecule has 0 amide bonds. The quantitative estimate of drug-likeness (QED) is 0.763. The van der Waals surface area contributed by atoms with E-state index in [0.29, 0.717) is 6.61 Å². The standard InChI is InChI=1S/C18H25NOS/c1-4-6-15-7-9-17(10-8-15)20-13-16-11-18(12-19-5-2)21-14(16)3/h7-11,19H,4-6,12-13H2,1-3H3. The van der Waals surface area contributed by atoms with E-state index < -0.39 is 0 Å². The first-order chi connectivity index (χ1) is 10.2. The summed E-state index contributed by atoms with van der Waals surface area (Å²) in [5, 5.41) is 3.37. The second-order valence-corrected chi connectivity index (χ2v) is 6.60. The first-order valence-corrected chi connectivity index (χ1v) is 8.55. The number of aryl methyl sites for hydroxylation is 2. The van der Waals surface area contributed by atoms with Gasteiger partial charge in [0.2, 0.25) is 0 Å². The van der Waals surface area contributed by atoms with Crippen molar-refractivity contribution in [2.45, 2.75) is 46.8 Å². The van der Waals surface area contributed by atoms with Crippen molar-refractivity contribution in [1.82, 2.24) is 5.32 Å². The molecule has 2 aromatic rings. The van der Waals surface area contributed by atoms with Crippen LogP contribution in [-0.4, -0.2) is 6.54 Å². The van der Waals surface area contributed by atoms with Crippen LogP contribution in [0.5, 0.6) is 5.75 Å². The Labute approximate surface area is 132 Å². The summed E-state index contributed by atoms with van der Waals surface area (Å²) in [6, 6.07) is 10.7. The fourth-order valence-electron chi connectivity index (χ4n) is 2.27. The molecule has 0 saturated carbocycles. The molecular formula is C18H25NOS. The molecule has 0 atom stereocenters. The second kappa shape index (κ2) is 8.20. The largest absolute Gasteiger partial charge is 0.489 e. The normalized spacial score (nSPS) is 10.8. The average Bonchev–Trinajstić information content (AvgIpc) is 2.85. The van der Waals surface area contributed by atoms with Crippen LogP contribution < -0.4 is 10.1 Å². The number of hydrogen-bond acceptors (Lipinski definition) is 3. The van der Waals surface area contributed by atoms with Gasteiger partial charge < -0.3 is 10.1 Å². The van der Waals surface area contributed by atoms with Crippen LogP contribution in [-0.2, 0) is 19.6 Å². The second-order valence-electron chi connectivity index (χ2n) is 5.26. The third-order valence-electron chi connectivity index (χ3n) is 3.48. The van der Waals surface area contributed by atoms with E-state index in [1.807, 2.05) is 11.3 Å². The van der Waals surface area contributed by atoms with Crippen molar-refractivity contribution in [1.29, 1.82) is 0 Å². The summed E-state index contributed by atoms with van der Waals surface area (Å²) in [6.07, 6.45) is 2.32. The number of rotatable bonds is 8. The summed E-state index contributed by atoms with van der Waals surface area (Å²) >= 11 is 1.86. The summed E-state index contributed by atoms with van der Waals surface area (Å²) in [5.74, 6) is 0.952. The summed E-state index contributed by atoms with van der Waals surface area (Å²) in [6.45, 7) is 9.12. The lowest BCUT2D eigenvalue weighted by Crippen LogP contribution is -2.10. The fourth-order valence-corrected chi connectivity index (χ4v) is 3.29. The zero-order chi connectivity index (χ0) is 15.1. The Hall–Kier alpha value is -1.32. The monoisotopic (exact) mass is 303 g/mol. The highest BCUT2D eigenvalue weighted by Crippen LogP contribution is 2.23. The molecule has 3 heteroatoms. The highest BCUT2D eigenvalue weighted by molar-refractivity contribution is 7.12. The van der Waals surface area contributed by atoms with Crippen molar-refractivity contribution in [2.75, 3.05) is 6.54 Å². The number of thiophene rings is 1. The van der Waals surface area contributed by atoms with Crippen LogP contribution in [0.2, 0.25) is 0 Å². The van der Waals surface area contributed by atoms with E-state index in [0.717, 1.165) is 25.3 Å². The minimum Gasteiger partial charge on any atom is -0.489 e. The summed E-state index contributed by atoms with van der Waals surface area (Å²) in [4.78, 5) is 2.73. The Morgan fingerprint density at radius 3 is 2.57 bits per heavy atom. The van der Waals surface area contributed by atoms with Crippen LogP contribution in [0.25, 0.3) is 0 Å². The Morgan fingerprint density at radius 1 is 1.14 bits per heavy atom. The number of hydrogen-bond donors (Lipinski definition) is 1. The Bertz CT molecular complexity index is 545. The van der Waals surface area contributed by atoms with Gasteiger partial charge >= 0.3 is 0 Å².